The topological polar surface area (TPSA) is 59.1 Å². The molecule has 1 fully saturated rings. The molecule has 1 aromatic heterocycles. The van der Waals surface area contributed by atoms with Gasteiger partial charge in [-0.2, -0.15) is 0 Å². The van der Waals surface area contributed by atoms with Crippen LogP contribution in [0.3, 0.4) is 0 Å². The molecule has 2 atom stereocenters. The van der Waals surface area contributed by atoms with Crippen molar-refractivity contribution in [1.29, 1.82) is 0 Å². The first kappa shape index (κ1) is 16.1. The third-order valence-electron chi connectivity index (χ3n) is 4.09. The van der Waals surface area contributed by atoms with Crippen molar-refractivity contribution in [2.75, 3.05) is 0 Å². The van der Waals surface area contributed by atoms with Crippen LogP contribution in [0.2, 0.25) is 0 Å². The van der Waals surface area contributed by atoms with Crippen LogP contribution in [-0.2, 0) is 10.0 Å². The number of nitrogens with one attached hydrogen (secondary N) is 1. The zero-order chi connectivity index (χ0) is 16.6. The quantitative estimate of drug-likeness (QED) is 0.914. The van der Waals surface area contributed by atoms with E-state index >= 15 is 0 Å². The van der Waals surface area contributed by atoms with Gasteiger partial charge in [0, 0.05) is 17.5 Å². The number of benzene rings is 1. The summed E-state index contributed by atoms with van der Waals surface area (Å²) in [6.07, 6.45) is 2.01. The van der Waals surface area contributed by atoms with Crippen molar-refractivity contribution in [3.8, 4) is 11.3 Å². The highest BCUT2D eigenvalue weighted by atomic mass is 32.2. The highest BCUT2D eigenvalue weighted by Gasteiger charge is 2.41. The monoisotopic (exact) mass is 334 g/mol. The molecule has 1 N–H and O–H groups in total. The number of hydrogen-bond donors (Lipinski definition) is 1. The van der Waals surface area contributed by atoms with Crippen molar-refractivity contribution in [2.24, 2.45) is 0 Å². The molecule has 1 aromatic carbocycles. The van der Waals surface area contributed by atoms with E-state index in [0.29, 0.717) is 5.69 Å². The summed E-state index contributed by atoms with van der Waals surface area (Å²) in [5, 5.41) is -0.421. The fraction of sp³-hybridized carbons (Fsp3) is 0.353. The maximum Gasteiger partial charge on any atom is 0.214 e. The van der Waals surface area contributed by atoms with Gasteiger partial charge in [0.2, 0.25) is 10.0 Å². The van der Waals surface area contributed by atoms with Crippen LogP contribution in [0.1, 0.15) is 31.7 Å². The predicted octanol–water partition coefficient (Wildman–Crippen LogP) is 3.07. The number of hydrogen-bond acceptors (Lipinski definition) is 3. The van der Waals surface area contributed by atoms with E-state index in [2.05, 4.69) is 9.71 Å². The van der Waals surface area contributed by atoms with Crippen LogP contribution in [0.4, 0.5) is 4.39 Å². The van der Waals surface area contributed by atoms with Crippen molar-refractivity contribution in [1.82, 2.24) is 9.71 Å². The van der Waals surface area contributed by atoms with Crippen LogP contribution >= 0.6 is 0 Å². The van der Waals surface area contributed by atoms with Gasteiger partial charge >= 0.3 is 0 Å². The molecular formula is C17H19FN2O2S. The predicted molar refractivity (Wildman–Crippen MR) is 88.0 cm³/mol. The van der Waals surface area contributed by atoms with Gasteiger partial charge in [0.1, 0.15) is 5.82 Å². The SMILES string of the molecule is CC(C)S(=O)(=O)N[C@@H]1C[C@H]1c1ccc(-c2ccc(F)cn2)cc1. The summed E-state index contributed by atoms with van der Waals surface area (Å²) in [5.74, 6) is -0.137. The van der Waals surface area contributed by atoms with Gasteiger partial charge in [0.05, 0.1) is 17.1 Å². The molecule has 122 valence electrons. The third kappa shape index (κ3) is 3.59. The molecule has 1 saturated carbocycles. The van der Waals surface area contributed by atoms with Crippen LogP contribution < -0.4 is 4.72 Å². The molecule has 2 aromatic rings. The molecule has 0 radical (unpaired) electrons. The molecule has 4 nitrogen and oxygen atoms in total. The minimum atomic E-state index is -3.23. The molecule has 6 heteroatoms. The first-order chi connectivity index (χ1) is 10.9. The summed E-state index contributed by atoms with van der Waals surface area (Å²) in [6.45, 7) is 3.34. The Morgan fingerprint density at radius 2 is 1.87 bits per heavy atom. The van der Waals surface area contributed by atoms with E-state index in [1.165, 1.54) is 12.3 Å². The van der Waals surface area contributed by atoms with Gasteiger partial charge in [-0.25, -0.2) is 17.5 Å². The number of sulfonamides is 1. The zero-order valence-corrected chi connectivity index (χ0v) is 13.8. The first-order valence-electron chi connectivity index (χ1n) is 7.60. The Morgan fingerprint density at radius 3 is 2.43 bits per heavy atom. The van der Waals surface area contributed by atoms with Crippen molar-refractivity contribution < 1.29 is 12.8 Å². The van der Waals surface area contributed by atoms with E-state index in [4.69, 9.17) is 0 Å². The van der Waals surface area contributed by atoms with Gasteiger partial charge in [-0.05, 0) is 38.0 Å². The Hall–Kier alpha value is -1.79. The average molecular weight is 334 g/mol. The number of pyridine rings is 1. The standard InChI is InChI=1S/C17H19FN2O2S/c1-11(2)23(21,22)20-17-9-15(17)12-3-5-13(6-4-12)16-8-7-14(18)10-19-16/h3-8,10-11,15,17,20H,9H2,1-2H3/t15-,17+/m0/s1. The molecule has 0 aliphatic heterocycles. The average Bonchev–Trinajstić information content (AvgIpc) is 3.26. The Kier molecular flexibility index (Phi) is 4.21. The highest BCUT2D eigenvalue weighted by molar-refractivity contribution is 7.90. The number of aromatic nitrogens is 1. The largest absolute Gasteiger partial charge is 0.253 e. The Balaban J connectivity index is 1.69. The van der Waals surface area contributed by atoms with Gasteiger partial charge in [-0.1, -0.05) is 24.3 Å². The van der Waals surface area contributed by atoms with E-state index in [9.17, 15) is 12.8 Å². The van der Waals surface area contributed by atoms with Crippen LogP contribution in [0.5, 0.6) is 0 Å². The molecule has 23 heavy (non-hydrogen) atoms. The number of halogens is 1. The lowest BCUT2D eigenvalue weighted by molar-refractivity contribution is 0.571. The first-order valence-corrected chi connectivity index (χ1v) is 9.14. The van der Waals surface area contributed by atoms with Crippen LogP contribution in [0.15, 0.2) is 42.6 Å². The fourth-order valence-electron chi connectivity index (χ4n) is 2.49. The normalized spacial score (nSPS) is 20.7. The lowest BCUT2D eigenvalue weighted by Gasteiger charge is -2.09. The molecule has 1 aliphatic rings. The second-order valence-electron chi connectivity index (χ2n) is 6.14. The summed E-state index contributed by atoms with van der Waals surface area (Å²) in [7, 11) is -3.23. The van der Waals surface area contributed by atoms with Gasteiger partial charge in [-0.15, -0.1) is 0 Å². The lowest BCUT2D eigenvalue weighted by Crippen LogP contribution is -2.33. The Morgan fingerprint density at radius 1 is 1.17 bits per heavy atom. The fourth-order valence-corrected chi connectivity index (χ4v) is 3.44. The maximum absolute atomic E-state index is 12.9. The van der Waals surface area contributed by atoms with E-state index in [0.717, 1.165) is 17.5 Å². The maximum atomic E-state index is 12.9. The molecule has 1 aliphatic carbocycles. The number of nitrogens with zero attached hydrogens (tertiary/aromatic N) is 1. The molecule has 0 spiro atoms. The summed E-state index contributed by atoms with van der Waals surface area (Å²) < 4.78 is 39.4. The lowest BCUT2D eigenvalue weighted by atomic mass is 10.1. The summed E-state index contributed by atoms with van der Waals surface area (Å²) in [5.41, 5.74) is 2.73. The van der Waals surface area contributed by atoms with Gasteiger partial charge in [-0.3, -0.25) is 4.98 Å². The van der Waals surface area contributed by atoms with Crippen molar-refractivity contribution in [2.45, 2.75) is 37.5 Å². The van der Waals surface area contributed by atoms with E-state index < -0.39 is 15.3 Å². The molecule has 1 heterocycles. The van der Waals surface area contributed by atoms with Crippen molar-refractivity contribution in [3.63, 3.8) is 0 Å². The number of rotatable bonds is 5. The van der Waals surface area contributed by atoms with Crippen molar-refractivity contribution in [3.05, 3.63) is 54.0 Å². The zero-order valence-electron chi connectivity index (χ0n) is 13.0. The van der Waals surface area contributed by atoms with Crippen molar-refractivity contribution >= 4 is 10.0 Å². The van der Waals surface area contributed by atoms with Gasteiger partial charge in [0.25, 0.3) is 0 Å². The Labute approximate surface area is 135 Å². The molecule has 3 rings (SSSR count). The highest BCUT2D eigenvalue weighted by Crippen LogP contribution is 2.41. The third-order valence-corrected chi connectivity index (χ3v) is 5.96. The second-order valence-corrected chi connectivity index (χ2v) is 8.41. The van der Waals surface area contributed by atoms with Gasteiger partial charge in [0.15, 0.2) is 0 Å². The molecule has 0 bridgehead atoms. The molecular weight excluding hydrogens is 315 g/mol. The second kappa shape index (κ2) is 6.02. The van der Waals surface area contributed by atoms with Crippen LogP contribution in [0.25, 0.3) is 11.3 Å². The van der Waals surface area contributed by atoms with E-state index in [1.807, 2.05) is 24.3 Å². The summed E-state index contributed by atoms with van der Waals surface area (Å²) >= 11 is 0. The molecule has 0 amide bonds. The van der Waals surface area contributed by atoms with Crippen LogP contribution in [0, 0.1) is 5.82 Å². The van der Waals surface area contributed by atoms with E-state index in [-0.39, 0.29) is 17.8 Å². The molecule has 0 unspecified atom stereocenters. The smallest absolute Gasteiger partial charge is 0.214 e. The summed E-state index contributed by atoms with van der Waals surface area (Å²) in [6, 6.07) is 10.8. The van der Waals surface area contributed by atoms with E-state index in [1.54, 1.807) is 19.9 Å². The Bertz CT molecular complexity index is 786. The van der Waals surface area contributed by atoms with Gasteiger partial charge < -0.3 is 0 Å². The minimum absolute atomic E-state index is 0.0165. The molecule has 0 saturated heterocycles. The summed E-state index contributed by atoms with van der Waals surface area (Å²) in [4.78, 5) is 4.05. The van der Waals surface area contributed by atoms with Crippen LogP contribution in [-0.4, -0.2) is 24.7 Å². The minimum Gasteiger partial charge on any atom is -0.253 e.